The van der Waals surface area contributed by atoms with E-state index in [4.69, 9.17) is 0 Å². The summed E-state index contributed by atoms with van der Waals surface area (Å²) in [6.07, 6.45) is -2.35. The van der Waals surface area contributed by atoms with Crippen LogP contribution in [-0.4, -0.2) is 107 Å². The maximum Gasteiger partial charge on any atom is 0.243 e. The van der Waals surface area contributed by atoms with Gasteiger partial charge in [-0.25, -0.2) is 22.0 Å². The van der Waals surface area contributed by atoms with Crippen LogP contribution in [0.3, 0.4) is 0 Å². The monoisotopic (exact) mass is 821 g/mol. The van der Waals surface area contributed by atoms with Gasteiger partial charge >= 0.3 is 0 Å². The Kier molecular flexibility index (Phi) is 22.1. The van der Waals surface area contributed by atoms with Gasteiger partial charge in [0.05, 0.1) is 36.6 Å². The summed E-state index contributed by atoms with van der Waals surface area (Å²) in [5, 5.41) is 30.0. The number of rotatable bonds is 26. The molecule has 57 heavy (non-hydrogen) atoms. The van der Waals surface area contributed by atoms with Crippen LogP contribution < -0.4 is 21.3 Å². The topological polar surface area (TPSA) is 194 Å². The van der Waals surface area contributed by atoms with E-state index < -0.39 is 132 Å². The molecule has 0 saturated heterocycles. The number of carbonyl (C=O) groups is 6. The number of aliphatic hydroxyl groups is 2. The highest BCUT2D eigenvalue weighted by Gasteiger charge is 2.34. The number of ketones is 2. The van der Waals surface area contributed by atoms with E-state index in [9.17, 15) is 60.9 Å². The van der Waals surface area contributed by atoms with Crippen molar-refractivity contribution in [3.8, 4) is 0 Å². The minimum absolute atomic E-state index is 0.146. The lowest BCUT2D eigenvalue weighted by atomic mass is 9.91. The molecule has 0 radical (unpaired) electrons. The van der Waals surface area contributed by atoms with Gasteiger partial charge < -0.3 is 36.4 Å². The van der Waals surface area contributed by atoms with Crippen molar-refractivity contribution in [2.45, 2.75) is 131 Å². The normalized spacial score (nSPS) is 14.8. The van der Waals surface area contributed by atoms with E-state index in [2.05, 4.69) is 26.2 Å². The third-order valence-electron chi connectivity index (χ3n) is 9.56. The Morgan fingerprint density at radius 1 is 0.684 bits per heavy atom. The number of Topliss-reactive ketones (excluding diaryl/α,β-unsaturated/α-hetero) is 2. The lowest BCUT2D eigenvalue weighted by Gasteiger charge is -2.26. The maximum atomic E-state index is 14.6. The van der Waals surface area contributed by atoms with Gasteiger partial charge in [0, 0.05) is 43.8 Å². The number of hydrogen-bond acceptors (Lipinski definition) is 9. The number of unbranched alkanes of at least 4 members (excludes halogenated alkanes) is 1. The number of hydrogen-bond donors (Lipinski definition) is 6. The second-order valence-corrected chi connectivity index (χ2v) is 14.9. The third-order valence-corrected chi connectivity index (χ3v) is 9.56. The van der Waals surface area contributed by atoms with Crippen molar-refractivity contribution >= 4 is 35.2 Å². The van der Waals surface area contributed by atoms with Crippen molar-refractivity contribution in [1.82, 2.24) is 26.2 Å². The molecule has 1 aromatic rings. The van der Waals surface area contributed by atoms with Crippen molar-refractivity contribution in [3.63, 3.8) is 0 Å². The van der Waals surface area contributed by atoms with Crippen LogP contribution in [0.5, 0.6) is 0 Å². The lowest BCUT2D eigenvalue weighted by Crippen LogP contribution is -2.52. The standard InChI is InChI=1S/C39H60F5N5O8/c1-9-45-38(56)25(23(8)51)18-30(53)27(13-11-12-14-49(10-2)21(5)6)48-37(55)24(19-50)16-29(52)22(7)46-39(57)28(47-31(54)15-20(3)4)17-26-32(40)34(42)36(44)35(43)33(26)41/h20-25,27-28,50-51H,9-19H2,1-8H3,(H,45,56)(H,46,57)(H,47,54)(H,48,55)/t22-,23+,24-,25?,27-,28?/m0/s1. The van der Waals surface area contributed by atoms with Gasteiger partial charge in [-0.15, -0.1) is 0 Å². The molecule has 324 valence electrons. The number of aliphatic hydroxyl groups excluding tert-OH is 2. The predicted octanol–water partition coefficient (Wildman–Crippen LogP) is 3.01. The zero-order chi connectivity index (χ0) is 43.7. The number of halogens is 5. The van der Waals surface area contributed by atoms with Crippen molar-refractivity contribution in [2.24, 2.45) is 17.8 Å². The third kappa shape index (κ3) is 16.0. The fraction of sp³-hybridized carbons (Fsp3) is 0.692. The zero-order valence-electron chi connectivity index (χ0n) is 34.1. The smallest absolute Gasteiger partial charge is 0.243 e. The first-order valence-electron chi connectivity index (χ1n) is 19.4. The molecule has 1 rings (SSSR count). The summed E-state index contributed by atoms with van der Waals surface area (Å²) in [7, 11) is 0. The number of carbonyl (C=O) groups excluding carboxylic acids is 6. The Balaban J connectivity index is 3.23. The first-order valence-corrected chi connectivity index (χ1v) is 19.4. The van der Waals surface area contributed by atoms with Crippen LogP contribution >= 0.6 is 0 Å². The minimum Gasteiger partial charge on any atom is -0.396 e. The van der Waals surface area contributed by atoms with Gasteiger partial charge in [-0.05, 0) is 72.9 Å². The molecule has 0 aliphatic rings. The van der Waals surface area contributed by atoms with Crippen molar-refractivity contribution < 1.29 is 60.9 Å². The van der Waals surface area contributed by atoms with Crippen LogP contribution in [-0.2, 0) is 35.2 Å². The Hall–Kier alpha value is -4.03. The molecule has 13 nitrogen and oxygen atoms in total. The molecule has 6 atom stereocenters. The second kappa shape index (κ2) is 24.7. The maximum absolute atomic E-state index is 14.6. The van der Waals surface area contributed by atoms with Crippen LogP contribution in [0.25, 0.3) is 0 Å². The molecule has 4 amide bonds. The molecule has 6 N–H and O–H groups in total. The number of amides is 4. The summed E-state index contributed by atoms with van der Waals surface area (Å²) < 4.78 is 70.7. The minimum atomic E-state index is -2.41. The van der Waals surface area contributed by atoms with E-state index in [-0.39, 0.29) is 31.3 Å². The van der Waals surface area contributed by atoms with Crippen LogP contribution in [0.15, 0.2) is 0 Å². The molecular weight excluding hydrogens is 761 g/mol. The summed E-state index contributed by atoms with van der Waals surface area (Å²) in [5.41, 5.74) is -1.37. The van der Waals surface area contributed by atoms with Crippen LogP contribution in [0.4, 0.5) is 22.0 Å². The van der Waals surface area contributed by atoms with E-state index in [1.807, 2.05) is 20.8 Å². The van der Waals surface area contributed by atoms with E-state index in [1.54, 1.807) is 20.8 Å². The first kappa shape index (κ1) is 51.0. The van der Waals surface area contributed by atoms with Crippen molar-refractivity contribution in [3.05, 3.63) is 34.6 Å². The molecular formula is C39H60F5N5O8. The van der Waals surface area contributed by atoms with Gasteiger partial charge in [-0.2, -0.15) is 0 Å². The predicted molar refractivity (Wildman–Crippen MR) is 201 cm³/mol. The molecule has 0 heterocycles. The van der Waals surface area contributed by atoms with Gasteiger partial charge in [0.15, 0.2) is 34.8 Å². The largest absolute Gasteiger partial charge is 0.396 e. The van der Waals surface area contributed by atoms with Crippen LogP contribution in [0.2, 0.25) is 0 Å². The van der Waals surface area contributed by atoms with Gasteiger partial charge in [0.2, 0.25) is 29.4 Å². The Labute approximate surface area is 331 Å². The van der Waals surface area contributed by atoms with Crippen molar-refractivity contribution in [2.75, 3.05) is 26.2 Å². The summed E-state index contributed by atoms with van der Waals surface area (Å²) in [4.78, 5) is 80.9. The molecule has 1 aromatic carbocycles. The molecule has 0 aliphatic heterocycles. The van der Waals surface area contributed by atoms with Crippen LogP contribution in [0, 0.1) is 46.8 Å². The molecule has 0 aromatic heterocycles. The fourth-order valence-corrected chi connectivity index (χ4v) is 6.12. The molecule has 0 aliphatic carbocycles. The van der Waals surface area contributed by atoms with Crippen LogP contribution in [0.1, 0.15) is 99.5 Å². The Morgan fingerprint density at radius 2 is 1.26 bits per heavy atom. The van der Waals surface area contributed by atoms with Gasteiger partial charge in [-0.1, -0.05) is 20.8 Å². The highest BCUT2D eigenvalue weighted by molar-refractivity contribution is 5.96. The summed E-state index contributed by atoms with van der Waals surface area (Å²) >= 11 is 0. The lowest BCUT2D eigenvalue weighted by molar-refractivity contribution is -0.136. The summed E-state index contributed by atoms with van der Waals surface area (Å²) in [5.74, 6) is -19.0. The number of nitrogens with zero attached hydrogens (tertiary/aromatic N) is 1. The SMILES string of the molecule is CCNC(=O)C(CC(=O)[C@H](CCCCN(CC)C(C)C)NC(=O)[C@H](CO)CC(=O)[C@H](C)NC(=O)C(Cc1c(F)c(F)c(F)c(F)c1F)NC(=O)CC(C)C)[C@@H](C)O. The highest BCUT2D eigenvalue weighted by Crippen LogP contribution is 2.24. The molecule has 0 saturated carbocycles. The van der Waals surface area contributed by atoms with E-state index >= 15 is 0 Å². The van der Waals surface area contributed by atoms with Gasteiger partial charge in [0.25, 0.3) is 0 Å². The van der Waals surface area contributed by atoms with Crippen molar-refractivity contribution in [1.29, 1.82) is 0 Å². The van der Waals surface area contributed by atoms with E-state index in [0.717, 1.165) is 6.54 Å². The van der Waals surface area contributed by atoms with E-state index in [1.165, 1.54) is 13.8 Å². The molecule has 2 unspecified atom stereocenters. The Morgan fingerprint density at radius 3 is 1.75 bits per heavy atom. The van der Waals surface area contributed by atoms with E-state index in [0.29, 0.717) is 19.4 Å². The summed E-state index contributed by atoms with van der Waals surface area (Å²) in [6, 6.07) is -4.24. The molecule has 0 spiro atoms. The highest BCUT2D eigenvalue weighted by atomic mass is 19.2. The first-order chi connectivity index (χ1) is 26.6. The second-order valence-electron chi connectivity index (χ2n) is 14.9. The quantitative estimate of drug-likeness (QED) is 0.0353. The zero-order valence-corrected chi connectivity index (χ0v) is 34.1. The van der Waals surface area contributed by atoms with Gasteiger partial charge in [-0.3, -0.25) is 28.8 Å². The number of nitrogens with one attached hydrogen (secondary N) is 4. The van der Waals surface area contributed by atoms with Gasteiger partial charge in [0.1, 0.15) is 6.04 Å². The average Bonchev–Trinajstić information content (AvgIpc) is 3.13. The molecule has 0 fully saturated rings. The fourth-order valence-electron chi connectivity index (χ4n) is 6.12. The Bertz CT molecular complexity index is 1520. The number of benzene rings is 1. The molecule has 0 bridgehead atoms. The molecule has 18 heteroatoms. The summed E-state index contributed by atoms with van der Waals surface area (Å²) in [6.45, 7) is 14.5. The average molecular weight is 822 g/mol.